The van der Waals surface area contributed by atoms with E-state index in [0.29, 0.717) is 16.5 Å². The lowest BCUT2D eigenvalue weighted by molar-refractivity contribution is -0.115. The maximum Gasteiger partial charge on any atom is 0.244 e. The number of nitrogens with one attached hydrogen (secondary N) is 2. The molecule has 1 amide bonds. The minimum Gasteiger partial charge on any atom is -0.497 e. The summed E-state index contributed by atoms with van der Waals surface area (Å²) in [6, 6.07) is 10.8. The fourth-order valence-electron chi connectivity index (χ4n) is 1.97. The molecule has 0 saturated carbocycles. The molecule has 0 aliphatic carbocycles. The molecule has 7 nitrogen and oxygen atoms in total. The highest BCUT2D eigenvalue weighted by Crippen LogP contribution is 2.27. The Bertz CT molecular complexity index is 853. The van der Waals surface area contributed by atoms with E-state index in [1.54, 1.807) is 30.3 Å². The predicted octanol–water partition coefficient (Wildman–Crippen LogP) is 2.27. The Labute approximate surface area is 151 Å². The summed E-state index contributed by atoms with van der Waals surface area (Å²) in [4.78, 5) is 11.8. The van der Waals surface area contributed by atoms with Gasteiger partial charge in [-0.05, 0) is 36.4 Å². The molecule has 25 heavy (non-hydrogen) atoms. The summed E-state index contributed by atoms with van der Waals surface area (Å²) in [6.07, 6.45) is 0. The summed E-state index contributed by atoms with van der Waals surface area (Å²) in [5, 5.41) is 3.10. The van der Waals surface area contributed by atoms with Gasteiger partial charge in [-0.3, -0.25) is 4.79 Å². The highest BCUT2D eigenvalue weighted by Gasteiger charge is 2.21. The van der Waals surface area contributed by atoms with Crippen LogP contribution in [0.1, 0.15) is 0 Å². The van der Waals surface area contributed by atoms with Crippen LogP contribution in [-0.4, -0.2) is 35.1 Å². The van der Waals surface area contributed by atoms with Crippen LogP contribution in [0.5, 0.6) is 11.5 Å². The van der Waals surface area contributed by atoms with Crippen molar-refractivity contribution in [3.63, 3.8) is 0 Å². The van der Waals surface area contributed by atoms with Gasteiger partial charge in [0.1, 0.15) is 16.4 Å². The first kappa shape index (κ1) is 19.0. The van der Waals surface area contributed by atoms with Crippen LogP contribution in [0.3, 0.4) is 0 Å². The summed E-state index contributed by atoms with van der Waals surface area (Å²) in [5.41, 5.74) is 0.507. The van der Waals surface area contributed by atoms with Gasteiger partial charge in [-0.1, -0.05) is 11.6 Å². The van der Waals surface area contributed by atoms with Crippen LogP contribution >= 0.6 is 11.6 Å². The number of sulfonamides is 1. The zero-order valence-electron chi connectivity index (χ0n) is 13.6. The van der Waals surface area contributed by atoms with Crippen molar-refractivity contribution in [1.29, 1.82) is 0 Å². The lowest BCUT2D eigenvalue weighted by Gasteiger charge is -2.12. The monoisotopic (exact) mass is 384 g/mol. The third-order valence-electron chi connectivity index (χ3n) is 3.21. The molecule has 0 aliphatic rings. The quantitative estimate of drug-likeness (QED) is 0.763. The van der Waals surface area contributed by atoms with E-state index in [9.17, 15) is 13.2 Å². The van der Waals surface area contributed by atoms with Crippen molar-refractivity contribution in [2.45, 2.75) is 4.90 Å². The van der Waals surface area contributed by atoms with Gasteiger partial charge >= 0.3 is 0 Å². The highest BCUT2D eigenvalue weighted by atomic mass is 35.5. The molecule has 0 atom stereocenters. The Morgan fingerprint density at radius 3 is 2.36 bits per heavy atom. The molecule has 0 spiro atoms. The number of amides is 1. The first-order chi connectivity index (χ1) is 11.9. The van der Waals surface area contributed by atoms with Crippen molar-refractivity contribution in [3.8, 4) is 11.5 Å². The van der Waals surface area contributed by atoms with Gasteiger partial charge in [-0.2, -0.15) is 0 Å². The topological polar surface area (TPSA) is 93.7 Å². The number of ether oxygens (including phenoxy) is 2. The van der Waals surface area contributed by atoms with Gasteiger partial charge in [-0.25, -0.2) is 13.1 Å². The molecule has 2 rings (SSSR count). The number of hydrogen-bond donors (Lipinski definition) is 2. The second-order valence-corrected chi connectivity index (χ2v) is 7.07. The van der Waals surface area contributed by atoms with Crippen molar-refractivity contribution < 1.29 is 22.7 Å². The number of rotatable bonds is 7. The molecule has 0 aromatic heterocycles. The van der Waals surface area contributed by atoms with Gasteiger partial charge in [0.05, 0.1) is 20.8 Å². The Hall–Kier alpha value is -2.29. The summed E-state index contributed by atoms with van der Waals surface area (Å²) in [6.45, 7) is -0.439. The van der Waals surface area contributed by atoms with Crippen molar-refractivity contribution in [1.82, 2.24) is 4.72 Å². The van der Waals surface area contributed by atoms with Crippen LogP contribution < -0.4 is 19.5 Å². The molecule has 2 N–H and O–H groups in total. The summed E-state index contributed by atoms with van der Waals surface area (Å²) in [5.74, 6) is -0.0223. The van der Waals surface area contributed by atoms with Gasteiger partial charge in [0.15, 0.2) is 0 Å². The maximum atomic E-state index is 12.4. The molecule has 9 heteroatoms. The molecule has 0 saturated heterocycles. The van der Waals surface area contributed by atoms with Gasteiger partial charge < -0.3 is 14.8 Å². The standard InChI is InChI=1S/C16H17ClN2O5S/c1-23-13-7-8-14(24-2)15(9-13)25(21,22)18-10-16(20)19-12-5-3-11(17)4-6-12/h3-9,18H,10H2,1-2H3,(H,19,20). The molecule has 2 aromatic rings. The van der Waals surface area contributed by atoms with Crippen molar-refractivity contribution in [2.75, 3.05) is 26.1 Å². The Morgan fingerprint density at radius 1 is 1.08 bits per heavy atom. The summed E-state index contributed by atoms with van der Waals surface area (Å²) in [7, 11) is -1.19. The van der Waals surface area contributed by atoms with Crippen molar-refractivity contribution >= 4 is 33.2 Å². The predicted molar refractivity (Wildman–Crippen MR) is 94.8 cm³/mol. The fourth-order valence-corrected chi connectivity index (χ4v) is 3.26. The average molecular weight is 385 g/mol. The van der Waals surface area contributed by atoms with Crippen molar-refractivity contribution in [3.05, 3.63) is 47.5 Å². The zero-order valence-corrected chi connectivity index (χ0v) is 15.1. The molecule has 0 heterocycles. The van der Waals surface area contributed by atoms with E-state index < -0.39 is 22.5 Å². The SMILES string of the molecule is COc1ccc(OC)c(S(=O)(=O)NCC(=O)Nc2ccc(Cl)cc2)c1. The minimum atomic E-state index is -3.97. The summed E-state index contributed by atoms with van der Waals surface area (Å²) >= 11 is 5.76. The lowest BCUT2D eigenvalue weighted by atomic mass is 10.3. The molecule has 0 aliphatic heterocycles. The second-order valence-electron chi connectivity index (χ2n) is 4.90. The molecular formula is C16H17ClN2O5S. The van der Waals surface area contributed by atoms with Crippen LogP contribution in [0.25, 0.3) is 0 Å². The lowest BCUT2D eigenvalue weighted by Crippen LogP contribution is -2.33. The number of carbonyl (C=O) groups excluding carboxylic acids is 1. The minimum absolute atomic E-state index is 0.117. The number of halogens is 1. The van der Waals surface area contributed by atoms with Gasteiger partial charge in [-0.15, -0.1) is 0 Å². The van der Waals surface area contributed by atoms with E-state index in [0.717, 1.165) is 0 Å². The number of anilines is 1. The van der Waals surface area contributed by atoms with E-state index in [1.165, 1.54) is 26.4 Å². The van der Waals surface area contributed by atoms with Crippen LogP contribution in [0.2, 0.25) is 5.02 Å². The van der Waals surface area contributed by atoms with E-state index >= 15 is 0 Å². The van der Waals surface area contributed by atoms with Gasteiger partial charge in [0.2, 0.25) is 15.9 Å². The van der Waals surface area contributed by atoms with E-state index in [1.807, 2.05) is 0 Å². The molecule has 0 fully saturated rings. The maximum absolute atomic E-state index is 12.4. The Kier molecular flexibility index (Phi) is 6.24. The number of carbonyl (C=O) groups is 1. The third-order valence-corrected chi connectivity index (χ3v) is 4.89. The number of hydrogen-bond acceptors (Lipinski definition) is 5. The van der Waals surface area contributed by atoms with Crippen LogP contribution in [0.4, 0.5) is 5.69 Å². The Balaban J connectivity index is 2.08. The summed E-state index contributed by atoms with van der Waals surface area (Å²) < 4.78 is 37.2. The van der Waals surface area contributed by atoms with Crippen LogP contribution in [0, 0.1) is 0 Å². The van der Waals surface area contributed by atoms with Crippen LogP contribution in [0.15, 0.2) is 47.4 Å². The second kappa shape index (κ2) is 8.19. The molecule has 134 valence electrons. The first-order valence-electron chi connectivity index (χ1n) is 7.13. The average Bonchev–Trinajstić information content (AvgIpc) is 2.61. The zero-order chi connectivity index (χ0) is 18.4. The van der Waals surface area contributed by atoms with Gasteiger partial charge in [0, 0.05) is 16.8 Å². The van der Waals surface area contributed by atoms with Gasteiger partial charge in [0.25, 0.3) is 0 Å². The molecule has 0 unspecified atom stereocenters. The smallest absolute Gasteiger partial charge is 0.244 e. The number of methoxy groups -OCH3 is 2. The molecule has 2 aromatic carbocycles. The highest BCUT2D eigenvalue weighted by molar-refractivity contribution is 7.89. The van der Waals surface area contributed by atoms with Crippen molar-refractivity contribution in [2.24, 2.45) is 0 Å². The third kappa shape index (κ3) is 5.09. The Morgan fingerprint density at radius 2 is 1.76 bits per heavy atom. The molecule has 0 bridgehead atoms. The van der Waals surface area contributed by atoms with E-state index in [-0.39, 0.29) is 10.6 Å². The number of benzene rings is 2. The first-order valence-corrected chi connectivity index (χ1v) is 8.99. The largest absolute Gasteiger partial charge is 0.497 e. The van der Waals surface area contributed by atoms with E-state index in [2.05, 4.69) is 10.0 Å². The van der Waals surface area contributed by atoms with E-state index in [4.69, 9.17) is 21.1 Å². The normalized spacial score (nSPS) is 11.0. The molecular weight excluding hydrogens is 368 g/mol. The molecule has 0 radical (unpaired) electrons. The van der Waals surface area contributed by atoms with Crippen LogP contribution in [-0.2, 0) is 14.8 Å². The fraction of sp³-hybridized carbons (Fsp3) is 0.188.